The molecule has 0 bridgehead atoms. The summed E-state index contributed by atoms with van der Waals surface area (Å²) in [5, 5.41) is 2.99. The molecule has 0 saturated carbocycles. The van der Waals surface area contributed by atoms with Crippen LogP contribution in [-0.2, 0) is 4.79 Å². The fourth-order valence-electron chi connectivity index (χ4n) is 2.53. The van der Waals surface area contributed by atoms with E-state index in [1.165, 1.54) is 5.56 Å². The zero-order chi connectivity index (χ0) is 14.0. The second-order valence-corrected chi connectivity index (χ2v) is 6.10. The molecule has 1 amide bonds. The molecule has 0 spiro atoms. The molecule has 1 aromatic carbocycles. The summed E-state index contributed by atoms with van der Waals surface area (Å²) in [6.45, 7) is 8.21. The topological polar surface area (TPSA) is 58.4 Å². The maximum absolute atomic E-state index is 12.2. The molecule has 1 unspecified atom stereocenters. The fourth-order valence-corrected chi connectivity index (χ4v) is 2.53. The van der Waals surface area contributed by atoms with E-state index in [0.717, 1.165) is 12.2 Å². The van der Waals surface area contributed by atoms with Gasteiger partial charge in [-0.15, -0.1) is 0 Å². The molecule has 2 rings (SSSR count). The van der Waals surface area contributed by atoms with Gasteiger partial charge in [-0.1, -0.05) is 26.0 Å². The average molecular weight is 261 g/mol. The molecule has 3 N–H and O–H groups in total. The summed E-state index contributed by atoms with van der Waals surface area (Å²) in [5.41, 5.74) is 8.11. The predicted molar refractivity (Wildman–Crippen MR) is 78.2 cm³/mol. The number of hydrogen-bond acceptors (Lipinski definition) is 3. The third-order valence-electron chi connectivity index (χ3n) is 3.57. The van der Waals surface area contributed by atoms with E-state index in [4.69, 9.17) is 5.73 Å². The number of amides is 1. The van der Waals surface area contributed by atoms with E-state index < -0.39 is 0 Å². The van der Waals surface area contributed by atoms with Crippen molar-refractivity contribution >= 4 is 11.6 Å². The van der Waals surface area contributed by atoms with Crippen LogP contribution in [0, 0.1) is 12.3 Å². The minimum atomic E-state index is -0.288. The van der Waals surface area contributed by atoms with Crippen LogP contribution in [-0.4, -0.2) is 31.6 Å². The Morgan fingerprint density at radius 2 is 2.21 bits per heavy atom. The molecule has 4 nitrogen and oxygen atoms in total. The molecule has 1 aliphatic rings. The summed E-state index contributed by atoms with van der Waals surface area (Å²) in [4.78, 5) is 14.3. The van der Waals surface area contributed by atoms with Gasteiger partial charge in [-0.25, -0.2) is 0 Å². The predicted octanol–water partition coefficient (Wildman–Crippen LogP) is 1.28. The van der Waals surface area contributed by atoms with Crippen molar-refractivity contribution in [3.05, 3.63) is 29.8 Å². The number of carbonyl (C=O) groups excluding carboxylic acids is 1. The van der Waals surface area contributed by atoms with Crippen molar-refractivity contribution in [2.75, 3.05) is 24.5 Å². The molecule has 0 radical (unpaired) electrons. The number of aryl methyl sites for hydroxylation is 1. The van der Waals surface area contributed by atoms with E-state index >= 15 is 0 Å². The number of nitrogens with one attached hydrogen (secondary N) is 1. The van der Waals surface area contributed by atoms with Crippen molar-refractivity contribution in [3.8, 4) is 0 Å². The van der Waals surface area contributed by atoms with Crippen molar-refractivity contribution in [2.45, 2.75) is 26.8 Å². The number of rotatable bonds is 2. The molecule has 1 fully saturated rings. The molecule has 19 heavy (non-hydrogen) atoms. The summed E-state index contributed by atoms with van der Waals surface area (Å²) < 4.78 is 0. The first-order valence-electron chi connectivity index (χ1n) is 6.74. The average Bonchev–Trinajstić information content (AvgIpc) is 2.47. The summed E-state index contributed by atoms with van der Waals surface area (Å²) in [5.74, 6) is 0.0228. The van der Waals surface area contributed by atoms with Gasteiger partial charge in [0.1, 0.15) is 6.04 Å². The quantitative estimate of drug-likeness (QED) is 0.843. The molecular formula is C15H23N3O. The normalized spacial score (nSPS) is 22.8. The van der Waals surface area contributed by atoms with Gasteiger partial charge in [0.15, 0.2) is 0 Å². The lowest BCUT2D eigenvalue weighted by atomic mass is 9.92. The number of nitrogens with zero attached hydrogens (tertiary/aromatic N) is 1. The zero-order valence-corrected chi connectivity index (χ0v) is 11.9. The van der Waals surface area contributed by atoms with Crippen LogP contribution in [0.1, 0.15) is 19.4 Å². The third-order valence-corrected chi connectivity index (χ3v) is 3.57. The molecular weight excluding hydrogens is 238 g/mol. The van der Waals surface area contributed by atoms with Gasteiger partial charge in [-0.05, 0) is 30.0 Å². The standard InChI is InChI=1S/C15H23N3O/c1-11-5-4-6-12(7-11)18-10-15(2,3)9-17-14(19)13(18)8-16/h4-7,13H,8-10,16H2,1-3H3,(H,17,19). The van der Waals surface area contributed by atoms with Crippen molar-refractivity contribution in [3.63, 3.8) is 0 Å². The van der Waals surface area contributed by atoms with Gasteiger partial charge >= 0.3 is 0 Å². The lowest BCUT2D eigenvalue weighted by molar-refractivity contribution is -0.121. The lowest BCUT2D eigenvalue weighted by Gasteiger charge is -2.34. The maximum Gasteiger partial charge on any atom is 0.244 e. The Labute approximate surface area is 115 Å². The first kappa shape index (κ1) is 13.9. The number of carbonyl (C=O) groups is 1. The highest BCUT2D eigenvalue weighted by Crippen LogP contribution is 2.26. The van der Waals surface area contributed by atoms with Gasteiger partial charge in [-0.2, -0.15) is 0 Å². The van der Waals surface area contributed by atoms with Gasteiger partial charge in [0.05, 0.1) is 0 Å². The smallest absolute Gasteiger partial charge is 0.244 e. The van der Waals surface area contributed by atoms with E-state index in [2.05, 4.69) is 43.1 Å². The molecule has 4 heteroatoms. The molecule has 1 aliphatic heterocycles. The molecule has 0 aromatic heterocycles. The highest BCUT2D eigenvalue weighted by atomic mass is 16.2. The number of hydrogen-bond donors (Lipinski definition) is 2. The van der Waals surface area contributed by atoms with E-state index in [1.807, 2.05) is 12.1 Å². The van der Waals surface area contributed by atoms with Crippen molar-refractivity contribution in [1.29, 1.82) is 0 Å². The number of benzene rings is 1. The SMILES string of the molecule is Cc1cccc(N2CC(C)(C)CNC(=O)C2CN)c1. The van der Waals surface area contributed by atoms with Crippen LogP contribution in [0.5, 0.6) is 0 Å². The van der Waals surface area contributed by atoms with Gasteiger partial charge < -0.3 is 16.0 Å². The first-order chi connectivity index (χ1) is 8.93. The Morgan fingerprint density at radius 3 is 2.84 bits per heavy atom. The van der Waals surface area contributed by atoms with Gasteiger partial charge in [0.25, 0.3) is 0 Å². The summed E-state index contributed by atoms with van der Waals surface area (Å²) in [6, 6.07) is 7.95. The lowest BCUT2D eigenvalue weighted by Crippen LogP contribution is -2.49. The number of anilines is 1. The fraction of sp³-hybridized carbons (Fsp3) is 0.533. The molecule has 104 valence electrons. The molecule has 1 atom stereocenters. The van der Waals surface area contributed by atoms with Crippen molar-refractivity contribution in [2.24, 2.45) is 11.1 Å². The van der Waals surface area contributed by atoms with E-state index in [1.54, 1.807) is 0 Å². The van der Waals surface area contributed by atoms with Crippen LogP contribution in [0.15, 0.2) is 24.3 Å². The van der Waals surface area contributed by atoms with Crippen LogP contribution in [0.4, 0.5) is 5.69 Å². The molecule has 1 heterocycles. The third kappa shape index (κ3) is 3.07. The van der Waals surface area contributed by atoms with E-state index in [-0.39, 0.29) is 17.4 Å². The first-order valence-corrected chi connectivity index (χ1v) is 6.74. The van der Waals surface area contributed by atoms with Gasteiger partial charge in [0.2, 0.25) is 5.91 Å². The van der Waals surface area contributed by atoms with Crippen LogP contribution >= 0.6 is 0 Å². The Kier molecular flexibility index (Phi) is 3.80. The van der Waals surface area contributed by atoms with Crippen LogP contribution < -0.4 is 16.0 Å². The molecule has 0 aliphatic carbocycles. The summed E-state index contributed by atoms with van der Waals surface area (Å²) in [6.07, 6.45) is 0. The van der Waals surface area contributed by atoms with Gasteiger partial charge in [0, 0.05) is 25.3 Å². The zero-order valence-electron chi connectivity index (χ0n) is 11.9. The largest absolute Gasteiger partial charge is 0.358 e. The van der Waals surface area contributed by atoms with Crippen LogP contribution in [0.25, 0.3) is 0 Å². The Bertz CT molecular complexity index is 470. The minimum absolute atomic E-state index is 0.0228. The monoisotopic (exact) mass is 261 g/mol. The Hall–Kier alpha value is -1.55. The Morgan fingerprint density at radius 1 is 1.47 bits per heavy atom. The summed E-state index contributed by atoms with van der Waals surface area (Å²) in [7, 11) is 0. The second-order valence-electron chi connectivity index (χ2n) is 6.10. The molecule has 1 aromatic rings. The highest BCUT2D eigenvalue weighted by molar-refractivity contribution is 5.86. The van der Waals surface area contributed by atoms with E-state index in [9.17, 15) is 4.79 Å². The van der Waals surface area contributed by atoms with Gasteiger partial charge in [-0.3, -0.25) is 4.79 Å². The van der Waals surface area contributed by atoms with Crippen molar-refractivity contribution in [1.82, 2.24) is 5.32 Å². The minimum Gasteiger partial charge on any atom is -0.358 e. The highest BCUT2D eigenvalue weighted by Gasteiger charge is 2.34. The number of nitrogens with two attached hydrogens (primary N) is 1. The van der Waals surface area contributed by atoms with Crippen LogP contribution in [0.2, 0.25) is 0 Å². The summed E-state index contributed by atoms with van der Waals surface area (Å²) >= 11 is 0. The second kappa shape index (κ2) is 5.21. The van der Waals surface area contributed by atoms with Crippen LogP contribution in [0.3, 0.4) is 0 Å². The molecule has 1 saturated heterocycles. The Balaban J connectivity index is 2.39. The van der Waals surface area contributed by atoms with E-state index in [0.29, 0.717) is 13.1 Å². The maximum atomic E-state index is 12.2. The van der Waals surface area contributed by atoms with Crippen molar-refractivity contribution < 1.29 is 4.79 Å².